The number of carbonyl (C=O) groups is 2. The standard InChI is InChI=1S/C25H28N2O6S/c1-4-13-27-18(2)15-23(19(27)3)24(28)17-33-25(29)12-9-20-7-10-22(11-8-20)34(30,31)26-16-21-6-5-14-32-21/h5-12,14-15,26H,4,13,16-17H2,1-3H3/b12-9+. The molecule has 0 aliphatic heterocycles. The number of sulfonamides is 1. The summed E-state index contributed by atoms with van der Waals surface area (Å²) in [6.45, 7) is 6.42. The first-order valence-electron chi connectivity index (χ1n) is 10.9. The third-order valence-electron chi connectivity index (χ3n) is 5.29. The normalized spacial score (nSPS) is 11.7. The Labute approximate surface area is 199 Å². The van der Waals surface area contributed by atoms with E-state index in [4.69, 9.17) is 9.15 Å². The van der Waals surface area contributed by atoms with Crippen molar-refractivity contribution in [1.29, 1.82) is 0 Å². The van der Waals surface area contributed by atoms with Gasteiger partial charge in [-0.2, -0.15) is 0 Å². The molecule has 0 unspecified atom stereocenters. The SMILES string of the molecule is CCCn1c(C)cc(C(=O)COC(=O)/C=C/c2ccc(S(=O)(=O)NCc3ccco3)cc2)c1C. The van der Waals surface area contributed by atoms with Crippen molar-refractivity contribution in [1.82, 2.24) is 9.29 Å². The summed E-state index contributed by atoms with van der Waals surface area (Å²) in [5, 5.41) is 0. The first kappa shape index (κ1) is 25.2. The molecule has 0 bridgehead atoms. The molecule has 0 spiro atoms. The van der Waals surface area contributed by atoms with Gasteiger partial charge in [0.1, 0.15) is 5.76 Å². The summed E-state index contributed by atoms with van der Waals surface area (Å²) < 4.78 is 39.5. The second-order valence-corrected chi connectivity index (χ2v) is 9.54. The number of hydrogen-bond donors (Lipinski definition) is 1. The first-order chi connectivity index (χ1) is 16.2. The summed E-state index contributed by atoms with van der Waals surface area (Å²) in [5.74, 6) is -0.412. The van der Waals surface area contributed by atoms with Gasteiger partial charge in [0.2, 0.25) is 15.8 Å². The van der Waals surface area contributed by atoms with Crippen LogP contribution in [0.1, 0.15) is 46.4 Å². The maximum Gasteiger partial charge on any atom is 0.331 e. The van der Waals surface area contributed by atoms with Gasteiger partial charge < -0.3 is 13.7 Å². The number of furan rings is 1. The number of aryl methyl sites for hydroxylation is 1. The molecule has 2 aromatic heterocycles. The van der Waals surface area contributed by atoms with Crippen molar-refractivity contribution >= 4 is 27.9 Å². The van der Waals surface area contributed by atoms with Crippen LogP contribution in [0.2, 0.25) is 0 Å². The lowest BCUT2D eigenvalue weighted by Crippen LogP contribution is -2.22. The number of ketones is 1. The van der Waals surface area contributed by atoms with Crippen LogP contribution in [-0.2, 0) is 32.6 Å². The van der Waals surface area contributed by atoms with Gasteiger partial charge in [-0.25, -0.2) is 17.9 Å². The van der Waals surface area contributed by atoms with E-state index in [-0.39, 0.29) is 23.8 Å². The summed E-state index contributed by atoms with van der Waals surface area (Å²) in [6.07, 6.45) is 5.12. The van der Waals surface area contributed by atoms with Crippen LogP contribution in [0.4, 0.5) is 0 Å². The molecular weight excluding hydrogens is 456 g/mol. The van der Waals surface area contributed by atoms with Gasteiger partial charge in [0, 0.05) is 29.6 Å². The van der Waals surface area contributed by atoms with Crippen molar-refractivity contribution in [2.24, 2.45) is 0 Å². The smallest absolute Gasteiger partial charge is 0.331 e. The lowest BCUT2D eigenvalue weighted by Gasteiger charge is -2.07. The maximum atomic E-state index is 12.5. The molecule has 0 radical (unpaired) electrons. The van der Waals surface area contributed by atoms with Crippen LogP contribution in [0, 0.1) is 13.8 Å². The Balaban J connectivity index is 1.54. The number of aromatic nitrogens is 1. The van der Waals surface area contributed by atoms with Gasteiger partial charge in [-0.05, 0) is 62.2 Å². The largest absolute Gasteiger partial charge is 0.468 e. The lowest BCUT2D eigenvalue weighted by molar-refractivity contribution is -0.136. The van der Waals surface area contributed by atoms with Crippen LogP contribution in [0.15, 0.2) is 64.1 Å². The molecule has 0 amide bonds. The number of esters is 1. The fraction of sp³-hybridized carbons (Fsp3) is 0.280. The van der Waals surface area contributed by atoms with Gasteiger partial charge in [-0.3, -0.25) is 4.79 Å². The zero-order chi connectivity index (χ0) is 24.7. The minimum Gasteiger partial charge on any atom is -0.468 e. The average molecular weight is 485 g/mol. The minimum atomic E-state index is -3.70. The third-order valence-corrected chi connectivity index (χ3v) is 6.70. The number of nitrogens with zero attached hydrogens (tertiary/aromatic N) is 1. The van der Waals surface area contributed by atoms with Crippen LogP contribution in [0.5, 0.6) is 0 Å². The Morgan fingerprint density at radius 3 is 2.53 bits per heavy atom. The van der Waals surface area contributed by atoms with E-state index in [1.165, 1.54) is 30.5 Å². The molecule has 34 heavy (non-hydrogen) atoms. The van der Waals surface area contributed by atoms with Crippen molar-refractivity contribution < 1.29 is 27.2 Å². The summed E-state index contributed by atoms with van der Waals surface area (Å²) >= 11 is 0. The predicted octanol–water partition coefficient (Wildman–Crippen LogP) is 4.03. The molecule has 1 N–H and O–H groups in total. The minimum absolute atomic E-state index is 0.0456. The predicted molar refractivity (Wildman–Crippen MR) is 128 cm³/mol. The molecule has 0 fully saturated rings. The third kappa shape index (κ3) is 6.33. The van der Waals surface area contributed by atoms with Crippen molar-refractivity contribution in [2.45, 2.75) is 45.2 Å². The highest BCUT2D eigenvalue weighted by molar-refractivity contribution is 7.89. The first-order valence-corrected chi connectivity index (χ1v) is 12.4. The van der Waals surface area contributed by atoms with E-state index in [1.807, 2.05) is 19.9 Å². The Morgan fingerprint density at radius 1 is 1.15 bits per heavy atom. The Hall–Kier alpha value is -3.43. The van der Waals surface area contributed by atoms with E-state index >= 15 is 0 Å². The van der Waals surface area contributed by atoms with Crippen molar-refractivity contribution in [3.63, 3.8) is 0 Å². The van der Waals surface area contributed by atoms with E-state index in [0.29, 0.717) is 16.9 Å². The second-order valence-electron chi connectivity index (χ2n) is 7.77. The quantitative estimate of drug-likeness (QED) is 0.250. The molecule has 3 aromatic rings. The van der Waals surface area contributed by atoms with Crippen LogP contribution in [0.25, 0.3) is 6.08 Å². The molecule has 2 heterocycles. The van der Waals surface area contributed by atoms with E-state index in [1.54, 1.807) is 24.3 Å². The Kier molecular flexibility index (Phi) is 8.25. The monoisotopic (exact) mass is 484 g/mol. The summed E-state index contributed by atoms with van der Waals surface area (Å²) in [7, 11) is -3.70. The number of nitrogens with one attached hydrogen (secondary N) is 1. The molecule has 0 atom stereocenters. The number of benzene rings is 1. The van der Waals surface area contributed by atoms with Gasteiger partial charge in [-0.15, -0.1) is 0 Å². The highest BCUT2D eigenvalue weighted by atomic mass is 32.2. The molecule has 0 aliphatic carbocycles. The van der Waals surface area contributed by atoms with E-state index in [0.717, 1.165) is 24.4 Å². The van der Waals surface area contributed by atoms with Gasteiger partial charge in [0.15, 0.2) is 6.61 Å². The van der Waals surface area contributed by atoms with Gasteiger partial charge >= 0.3 is 5.97 Å². The summed E-state index contributed by atoms with van der Waals surface area (Å²) in [4.78, 5) is 24.6. The lowest BCUT2D eigenvalue weighted by atomic mass is 10.1. The molecule has 1 aromatic carbocycles. The zero-order valence-electron chi connectivity index (χ0n) is 19.4. The van der Waals surface area contributed by atoms with Gasteiger partial charge in [0.25, 0.3) is 0 Å². The van der Waals surface area contributed by atoms with Crippen molar-refractivity contribution in [3.05, 3.63) is 83.1 Å². The van der Waals surface area contributed by atoms with Crippen LogP contribution >= 0.6 is 0 Å². The number of hydrogen-bond acceptors (Lipinski definition) is 6. The summed E-state index contributed by atoms with van der Waals surface area (Å²) in [5.41, 5.74) is 3.02. The van der Waals surface area contributed by atoms with Gasteiger partial charge in [-0.1, -0.05) is 19.1 Å². The average Bonchev–Trinajstić information content (AvgIpc) is 3.44. The molecule has 0 saturated heterocycles. The van der Waals surface area contributed by atoms with Crippen LogP contribution in [0.3, 0.4) is 0 Å². The van der Waals surface area contributed by atoms with Crippen molar-refractivity contribution in [3.8, 4) is 0 Å². The van der Waals surface area contributed by atoms with E-state index < -0.39 is 16.0 Å². The fourth-order valence-electron chi connectivity index (χ4n) is 3.50. The Bertz CT molecular complexity index is 1270. The molecule has 8 nitrogen and oxygen atoms in total. The maximum absolute atomic E-state index is 12.5. The van der Waals surface area contributed by atoms with Crippen LogP contribution in [-0.4, -0.2) is 31.3 Å². The highest BCUT2D eigenvalue weighted by Gasteiger charge is 2.17. The van der Waals surface area contributed by atoms with Crippen LogP contribution < -0.4 is 4.72 Å². The molecular formula is C25H28N2O6S. The molecule has 0 aliphatic rings. The number of ether oxygens (including phenoxy) is 1. The number of carbonyl (C=O) groups excluding carboxylic acids is 2. The topological polar surface area (TPSA) is 108 Å². The molecule has 9 heteroatoms. The van der Waals surface area contributed by atoms with Crippen molar-refractivity contribution in [2.75, 3.05) is 6.61 Å². The molecule has 0 saturated carbocycles. The number of rotatable bonds is 11. The Morgan fingerprint density at radius 2 is 1.88 bits per heavy atom. The summed E-state index contributed by atoms with van der Waals surface area (Å²) in [6, 6.07) is 11.2. The van der Waals surface area contributed by atoms with E-state index in [2.05, 4.69) is 16.2 Å². The number of Topliss-reactive ketones (excluding diaryl/α,β-unsaturated/α-hetero) is 1. The van der Waals surface area contributed by atoms with E-state index in [9.17, 15) is 18.0 Å². The molecule has 3 rings (SSSR count). The van der Waals surface area contributed by atoms with Gasteiger partial charge in [0.05, 0.1) is 17.7 Å². The fourth-order valence-corrected chi connectivity index (χ4v) is 4.49. The second kappa shape index (κ2) is 11.1. The highest BCUT2D eigenvalue weighted by Crippen LogP contribution is 2.17. The molecule has 180 valence electrons. The zero-order valence-corrected chi connectivity index (χ0v) is 20.2.